The summed E-state index contributed by atoms with van der Waals surface area (Å²) in [5.74, 6) is 0. The topological polar surface area (TPSA) is 56.7 Å². The van der Waals surface area contributed by atoms with E-state index in [1.807, 2.05) is 0 Å². The van der Waals surface area contributed by atoms with Gasteiger partial charge in [0.15, 0.2) is 0 Å². The summed E-state index contributed by atoms with van der Waals surface area (Å²) in [6, 6.07) is 0. The molecule has 0 aromatic carbocycles. The van der Waals surface area contributed by atoms with Gasteiger partial charge in [0.05, 0.1) is 5.71 Å². The Balaban J connectivity index is 2.04. The van der Waals surface area contributed by atoms with Gasteiger partial charge in [0.25, 0.3) is 0 Å². The van der Waals surface area contributed by atoms with Crippen LogP contribution in [0.15, 0.2) is 28.0 Å². The molecule has 100 valence electrons. The third-order valence-corrected chi connectivity index (χ3v) is 3.45. The zero-order valence-electron chi connectivity index (χ0n) is 11.1. The van der Waals surface area contributed by atoms with Crippen molar-refractivity contribution in [2.24, 2.45) is 5.10 Å². The summed E-state index contributed by atoms with van der Waals surface area (Å²) in [4.78, 5) is 0. The Morgan fingerprint density at radius 1 is 1.50 bits per heavy atom. The smallest absolute Gasteiger partial charge is 0.0677 e. The number of hydrogen-bond acceptors (Lipinski definition) is 4. The first kappa shape index (κ1) is 13.3. The van der Waals surface area contributed by atoms with E-state index in [4.69, 9.17) is 5.11 Å². The van der Waals surface area contributed by atoms with Crippen LogP contribution in [-0.4, -0.2) is 30.5 Å². The van der Waals surface area contributed by atoms with Gasteiger partial charge in [-0.1, -0.05) is 13.0 Å². The maximum Gasteiger partial charge on any atom is 0.0677 e. The molecule has 2 rings (SSSR count). The molecule has 0 aromatic rings. The first-order valence-electron chi connectivity index (χ1n) is 6.89. The van der Waals surface area contributed by atoms with Crippen LogP contribution in [0.2, 0.25) is 0 Å². The first-order chi connectivity index (χ1) is 8.85. The molecule has 4 heteroatoms. The van der Waals surface area contributed by atoms with E-state index in [1.165, 1.54) is 16.8 Å². The number of hydrogen-bond donors (Lipinski definition) is 3. The van der Waals surface area contributed by atoms with Crippen LogP contribution in [0, 0.1) is 0 Å². The normalized spacial score (nSPS) is 20.3. The summed E-state index contributed by atoms with van der Waals surface area (Å²) < 4.78 is 0. The predicted octanol–water partition coefficient (Wildman–Crippen LogP) is 1.69. The Bertz CT molecular complexity index is 383. The van der Waals surface area contributed by atoms with Crippen molar-refractivity contribution in [3.8, 4) is 0 Å². The van der Waals surface area contributed by atoms with Crippen LogP contribution < -0.4 is 10.7 Å². The zero-order chi connectivity index (χ0) is 12.8. The highest BCUT2D eigenvalue weighted by Gasteiger charge is 2.20. The monoisotopic (exact) mass is 249 g/mol. The molecular formula is C14H23N3O. The van der Waals surface area contributed by atoms with Gasteiger partial charge >= 0.3 is 0 Å². The molecule has 3 N–H and O–H groups in total. The number of nitrogens with one attached hydrogen (secondary N) is 2. The van der Waals surface area contributed by atoms with Gasteiger partial charge in [-0.05, 0) is 30.4 Å². The van der Waals surface area contributed by atoms with Gasteiger partial charge in [-0.25, -0.2) is 0 Å². The minimum absolute atomic E-state index is 0.247. The molecule has 0 bridgehead atoms. The number of hydrazone groups is 1. The molecule has 0 saturated heterocycles. The molecule has 0 unspecified atom stereocenters. The second-order valence-electron chi connectivity index (χ2n) is 4.82. The van der Waals surface area contributed by atoms with E-state index >= 15 is 0 Å². The van der Waals surface area contributed by atoms with E-state index in [0.29, 0.717) is 0 Å². The Hall–Kier alpha value is -1.13. The summed E-state index contributed by atoms with van der Waals surface area (Å²) in [5, 5.41) is 16.9. The van der Waals surface area contributed by atoms with Gasteiger partial charge < -0.3 is 10.4 Å². The van der Waals surface area contributed by atoms with E-state index in [9.17, 15) is 0 Å². The molecule has 0 amide bonds. The van der Waals surface area contributed by atoms with Crippen LogP contribution in [0.25, 0.3) is 0 Å². The van der Waals surface area contributed by atoms with Crippen molar-refractivity contribution in [1.82, 2.24) is 10.7 Å². The fourth-order valence-corrected chi connectivity index (χ4v) is 2.48. The fourth-order valence-electron chi connectivity index (χ4n) is 2.48. The molecule has 2 heterocycles. The van der Waals surface area contributed by atoms with Crippen molar-refractivity contribution >= 4 is 5.71 Å². The Kier molecular flexibility index (Phi) is 4.96. The largest absolute Gasteiger partial charge is 0.396 e. The molecule has 2 aliphatic rings. The van der Waals surface area contributed by atoms with Crippen LogP contribution in [0.4, 0.5) is 0 Å². The van der Waals surface area contributed by atoms with Crippen LogP contribution in [0.1, 0.15) is 39.0 Å². The molecule has 0 atom stereocenters. The summed E-state index contributed by atoms with van der Waals surface area (Å²) in [6.07, 6.45) is 6.99. The molecule has 0 aliphatic carbocycles. The second kappa shape index (κ2) is 6.71. The highest BCUT2D eigenvalue weighted by atomic mass is 16.2. The van der Waals surface area contributed by atoms with E-state index in [0.717, 1.165) is 50.9 Å². The Morgan fingerprint density at radius 3 is 3.17 bits per heavy atom. The van der Waals surface area contributed by atoms with Crippen molar-refractivity contribution in [3.05, 3.63) is 22.9 Å². The quantitative estimate of drug-likeness (QED) is 0.695. The number of aliphatic hydroxyl groups is 1. The lowest BCUT2D eigenvalue weighted by atomic mass is 9.94. The Morgan fingerprint density at radius 2 is 2.39 bits per heavy atom. The predicted molar refractivity (Wildman–Crippen MR) is 74.4 cm³/mol. The van der Waals surface area contributed by atoms with E-state index in [2.05, 4.69) is 28.8 Å². The van der Waals surface area contributed by atoms with Crippen molar-refractivity contribution in [2.75, 3.05) is 19.7 Å². The van der Waals surface area contributed by atoms with Crippen LogP contribution in [0.5, 0.6) is 0 Å². The van der Waals surface area contributed by atoms with Gasteiger partial charge in [-0.15, -0.1) is 0 Å². The maximum atomic E-state index is 8.97. The van der Waals surface area contributed by atoms with Crippen LogP contribution in [0.3, 0.4) is 0 Å². The van der Waals surface area contributed by atoms with Crippen LogP contribution in [-0.2, 0) is 0 Å². The van der Waals surface area contributed by atoms with Crippen molar-refractivity contribution < 1.29 is 5.11 Å². The molecule has 0 saturated carbocycles. The average molecular weight is 249 g/mol. The standard InChI is InChI=1S/C14H23N3O/c1-2-4-11(5-3-8-18)14-9-12-10-15-7-6-13(12)16-17-14/h4,15-16,18H,2-3,5-10H2,1H3/b11-4+. The van der Waals surface area contributed by atoms with Gasteiger partial charge in [-0.3, -0.25) is 5.43 Å². The van der Waals surface area contributed by atoms with E-state index in [1.54, 1.807) is 0 Å². The fraction of sp³-hybridized carbons (Fsp3) is 0.643. The molecule has 0 spiro atoms. The van der Waals surface area contributed by atoms with Crippen molar-refractivity contribution in [1.29, 1.82) is 0 Å². The Labute approximate surface area is 109 Å². The third kappa shape index (κ3) is 3.21. The number of allylic oxidation sites excluding steroid dienone is 2. The first-order valence-corrected chi connectivity index (χ1v) is 6.89. The molecule has 0 radical (unpaired) electrons. The minimum Gasteiger partial charge on any atom is -0.396 e. The van der Waals surface area contributed by atoms with Crippen molar-refractivity contribution in [2.45, 2.75) is 39.0 Å². The molecule has 18 heavy (non-hydrogen) atoms. The number of aliphatic hydroxyl groups excluding tert-OH is 1. The molecular weight excluding hydrogens is 226 g/mol. The summed E-state index contributed by atoms with van der Waals surface area (Å²) in [5.41, 5.74) is 8.39. The highest BCUT2D eigenvalue weighted by Crippen LogP contribution is 2.22. The highest BCUT2D eigenvalue weighted by molar-refractivity contribution is 6.02. The number of nitrogens with zero attached hydrogens (tertiary/aromatic N) is 1. The summed E-state index contributed by atoms with van der Waals surface area (Å²) in [6.45, 7) is 4.40. The minimum atomic E-state index is 0.247. The molecule has 0 fully saturated rings. The average Bonchev–Trinajstić information content (AvgIpc) is 2.43. The summed E-state index contributed by atoms with van der Waals surface area (Å²) in [7, 11) is 0. The summed E-state index contributed by atoms with van der Waals surface area (Å²) >= 11 is 0. The van der Waals surface area contributed by atoms with Gasteiger partial charge in [0.2, 0.25) is 0 Å². The second-order valence-corrected chi connectivity index (χ2v) is 4.82. The lowest BCUT2D eigenvalue weighted by molar-refractivity contribution is 0.289. The van der Waals surface area contributed by atoms with Crippen LogP contribution >= 0.6 is 0 Å². The zero-order valence-corrected chi connectivity index (χ0v) is 11.1. The number of rotatable bonds is 5. The van der Waals surface area contributed by atoms with Gasteiger partial charge in [0.1, 0.15) is 0 Å². The molecule has 4 nitrogen and oxygen atoms in total. The SMILES string of the molecule is CC/C=C(\CCCO)C1=NNC2=C(CNCC2)C1. The van der Waals surface area contributed by atoms with Gasteiger partial charge in [-0.2, -0.15) is 5.10 Å². The van der Waals surface area contributed by atoms with Crippen molar-refractivity contribution in [3.63, 3.8) is 0 Å². The van der Waals surface area contributed by atoms with Gasteiger partial charge in [0, 0.05) is 38.2 Å². The lowest BCUT2D eigenvalue weighted by Crippen LogP contribution is -2.33. The molecule has 0 aromatic heterocycles. The van der Waals surface area contributed by atoms with E-state index < -0.39 is 0 Å². The maximum absolute atomic E-state index is 8.97. The molecule has 2 aliphatic heterocycles. The lowest BCUT2D eigenvalue weighted by Gasteiger charge is -2.26. The van der Waals surface area contributed by atoms with E-state index in [-0.39, 0.29) is 6.61 Å². The third-order valence-electron chi connectivity index (χ3n) is 3.45.